The van der Waals surface area contributed by atoms with E-state index in [9.17, 15) is 35.5 Å². The maximum atomic E-state index is 12.8. The van der Waals surface area contributed by atoms with Crippen molar-refractivity contribution < 1.29 is 40.3 Å². The van der Waals surface area contributed by atoms with Crippen molar-refractivity contribution in [1.82, 2.24) is 0 Å². The number of carbonyl (C=O) groups is 1. The first-order chi connectivity index (χ1) is 8.51. The summed E-state index contributed by atoms with van der Waals surface area (Å²) in [5, 5.41) is 0. The Morgan fingerprint density at radius 3 is 1.74 bits per heavy atom. The van der Waals surface area contributed by atoms with Gasteiger partial charge >= 0.3 is 18.2 Å². The molecule has 0 aliphatic rings. The van der Waals surface area contributed by atoms with Gasteiger partial charge in [-0.15, -0.1) is 0 Å². The zero-order chi connectivity index (χ0) is 14.9. The summed E-state index contributed by atoms with van der Waals surface area (Å²) in [7, 11) is 0. The van der Waals surface area contributed by atoms with Crippen molar-refractivity contribution in [3.8, 4) is 5.75 Å². The van der Waals surface area contributed by atoms with E-state index in [1.165, 1.54) is 0 Å². The first-order valence-corrected chi connectivity index (χ1v) is 4.58. The minimum absolute atomic E-state index is 0.0123. The van der Waals surface area contributed by atoms with E-state index in [1.54, 1.807) is 0 Å². The predicted octanol–water partition coefficient (Wildman–Crippen LogP) is 3.67. The minimum Gasteiger partial charge on any atom is -0.428 e. The van der Waals surface area contributed by atoms with Crippen molar-refractivity contribution in [2.45, 2.75) is 18.2 Å². The molecule has 0 unspecified atom stereocenters. The van der Waals surface area contributed by atoms with Crippen LogP contribution in [0.4, 0.5) is 30.7 Å². The van der Waals surface area contributed by atoms with Gasteiger partial charge in [-0.1, -0.05) is 0 Å². The highest BCUT2D eigenvalue weighted by Gasteiger charge is 2.75. The van der Waals surface area contributed by atoms with Crippen LogP contribution >= 0.6 is 0 Å². The second-order valence-electron chi connectivity index (χ2n) is 3.38. The fourth-order valence-electron chi connectivity index (χ4n) is 0.992. The SMILES string of the molecule is O=Cc1ccc(OC(F)(F)C(F)(F)C(F)(F)F)cc1. The number of aldehydes is 1. The zero-order valence-corrected chi connectivity index (χ0v) is 8.85. The Balaban J connectivity index is 2.98. The minimum atomic E-state index is -6.46. The molecule has 19 heavy (non-hydrogen) atoms. The topological polar surface area (TPSA) is 26.3 Å². The third-order valence-corrected chi connectivity index (χ3v) is 1.98. The predicted molar refractivity (Wildman–Crippen MR) is 48.4 cm³/mol. The van der Waals surface area contributed by atoms with Gasteiger partial charge in [-0.05, 0) is 24.3 Å². The van der Waals surface area contributed by atoms with Gasteiger partial charge in [0, 0.05) is 5.56 Å². The summed E-state index contributed by atoms with van der Waals surface area (Å²) in [6.07, 6.45) is -11.9. The molecule has 1 rings (SSSR count). The van der Waals surface area contributed by atoms with E-state index in [-0.39, 0.29) is 5.56 Å². The molecule has 106 valence electrons. The quantitative estimate of drug-likeness (QED) is 0.624. The molecule has 0 N–H and O–H groups in total. The summed E-state index contributed by atoms with van der Waals surface area (Å²) < 4.78 is 89.3. The monoisotopic (exact) mass is 290 g/mol. The molecule has 0 heterocycles. The molecule has 1 aromatic carbocycles. The van der Waals surface area contributed by atoms with E-state index in [4.69, 9.17) is 0 Å². The number of hydrogen-bond acceptors (Lipinski definition) is 2. The summed E-state index contributed by atoms with van der Waals surface area (Å²) in [5.41, 5.74) is 0.0123. The molecule has 0 fully saturated rings. The van der Waals surface area contributed by atoms with Gasteiger partial charge in [0.15, 0.2) is 0 Å². The number of carbonyl (C=O) groups excluding carboxylic acids is 1. The first kappa shape index (κ1) is 15.3. The van der Waals surface area contributed by atoms with Crippen molar-refractivity contribution in [1.29, 1.82) is 0 Å². The van der Waals surface area contributed by atoms with Crippen LogP contribution in [0.3, 0.4) is 0 Å². The average molecular weight is 290 g/mol. The summed E-state index contributed by atoms with van der Waals surface area (Å²) in [6.45, 7) is 0. The second-order valence-corrected chi connectivity index (χ2v) is 3.38. The highest BCUT2D eigenvalue weighted by molar-refractivity contribution is 5.74. The van der Waals surface area contributed by atoms with Crippen LogP contribution in [-0.4, -0.2) is 24.5 Å². The maximum Gasteiger partial charge on any atom is 0.474 e. The highest BCUT2D eigenvalue weighted by atomic mass is 19.4. The standard InChI is InChI=1S/C10H5F7O2/c11-8(12,9(13,14)15)10(16,17)19-7-3-1-6(5-18)2-4-7/h1-5H. The summed E-state index contributed by atoms with van der Waals surface area (Å²) in [5.74, 6) is -7.27. The van der Waals surface area contributed by atoms with Crippen molar-refractivity contribution in [3.63, 3.8) is 0 Å². The van der Waals surface area contributed by atoms with Crippen molar-refractivity contribution >= 4 is 6.29 Å². The van der Waals surface area contributed by atoms with E-state index in [0.717, 1.165) is 12.1 Å². The molecule has 0 saturated heterocycles. The van der Waals surface area contributed by atoms with Crippen LogP contribution in [0.25, 0.3) is 0 Å². The maximum absolute atomic E-state index is 12.8. The Bertz CT molecular complexity index is 450. The fraction of sp³-hybridized carbons (Fsp3) is 0.300. The third-order valence-electron chi connectivity index (χ3n) is 1.98. The van der Waals surface area contributed by atoms with Gasteiger partial charge in [-0.2, -0.15) is 30.7 Å². The summed E-state index contributed by atoms with van der Waals surface area (Å²) in [4.78, 5) is 10.2. The number of hydrogen-bond donors (Lipinski definition) is 0. The van der Waals surface area contributed by atoms with Crippen LogP contribution < -0.4 is 4.74 Å². The first-order valence-electron chi connectivity index (χ1n) is 4.58. The summed E-state index contributed by atoms with van der Waals surface area (Å²) >= 11 is 0. The lowest BCUT2D eigenvalue weighted by atomic mass is 10.2. The van der Waals surface area contributed by atoms with Gasteiger partial charge in [-0.25, -0.2) is 0 Å². The van der Waals surface area contributed by atoms with E-state index in [1.807, 2.05) is 0 Å². The Morgan fingerprint density at radius 1 is 0.895 bits per heavy atom. The van der Waals surface area contributed by atoms with E-state index < -0.39 is 24.0 Å². The van der Waals surface area contributed by atoms with Crippen molar-refractivity contribution in [2.24, 2.45) is 0 Å². The lowest BCUT2D eigenvalue weighted by molar-refractivity contribution is -0.402. The molecule has 0 aliphatic heterocycles. The third kappa shape index (κ3) is 2.96. The summed E-state index contributed by atoms with van der Waals surface area (Å²) in [6, 6.07) is 3.18. The average Bonchev–Trinajstić information content (AvgIpc) is 2.28. The molecule has 0 aromatic heterocycles. The number of rotatable bonds is 4. The Morgan fingerprint density at radius 2 is 1.37 bits per heavy atom. The zero-order valence-electron chi connectivity index (χ0n) is 8.85. The molecular formula is C10H5F7O2. The van der Waals surface area contributed by atoms with Crippen LogP contribution in [-0.2, 0) is 0 Å². The molecule has 0 atom stereocenters. The lowest BCUT2D eigenvalue weighted by Crippen LogP contribution is -2.55. The van der Waals surface area contributed by atoms with Crippen LogP contribution in [0.15, 0.2) is 24.3 Å². The van der Waals surface area contributed by atoms with Crippen LogP contribution in [0, 0.1) is 0 Å². The van der Waals surface area contributed by atoms with Gasteiger partial charge in [0.2, 0.25) is 0 Å². The van der Waals surface area contributed by atoms with Gasteiger partial charge < -0.3 is 4.74 Å². The second kappa shape index (κ2) is 4.71. The number of halogens is 7. The van der Waals surface area contributed by atoms with E-state index in [0.29, 0.717) is 18.4 Å². The Hall–Kier alpha value is -1.80. The normalized spacial score (nSPS) is 13.2. The number of benzene rings is 1. The molecule has 0 saturated carbocycles. The molecule has 0 bridgehead atoms. The Labute approximate surface area is 101 Å². The molecule has 0 spiro atoms. The lowest BCUT2D eigenvalue weighted by Gasteiger charge is -2.27. The Kier molecular flexibility index (Phi) is 3.78. The van der Waals surface area contributed by atoms with Crippen LogP contribution in [0.1, 0.15) is 10.4 Å². The van der Waals surface area contributed by atoms with Crippen LogP contribution in [0.2, 0.25) is 0 Å². The smallest absolute Gasteiger partial charge is 0.428 e. The molecule has 2 nitrogen and oxygen atoms in total. The molecule has 1 aromatic rings. The molecular weight excluding hydrogens is 285 g/mol. The largest absolute Gasteiger partial charge is 0.474 e. The molecule has 0 aliphatic carbocycles. The van der Waals surface area contributed by atoms with E-state index in [2.05, 4.69) is 4.74 Å². The van der Waals surface area contributed by atoms with Gasteiger partial charge in [0.05, 0.1) is 0 Å². The van der Waals surface area contributed by atoms with Gasteiger partial charge in [-0.3, -0.25) is 4.79 Å². The van der Waals surface area contributed by atoms with Crippen molar-refractivity contribution in [3.05, 3.63) is 29.8 Å². The molecule has 0 radical (unpaired) electrons. The molecule has 0 amide bonds. The number of alkyl halides is 7. The highest BCUT2D eigenvalue weighted by Crippen LogP contribution is 2.47. The van der Waals surface area contributed by atoms with Gasteiger partial charge in [0.25, 0.3) is 0 Å². The molecule has 9 heteroatoms. The van der Waals surface area contributed by atoms with Crippen molar-refractivity contribution in [2.75, 3.05) is 0 Å². The fourth-order valence-corrected chi connectivity index (χ4v) is 0.992. The van der Waals surface area contributed by atoms with E-state index >= 15 is 0 Å². The van der Waals surface area contributed by atoms with Crippen LogP contribution in [0.5, 0.6) is 5.75 Å². The number of ether oxygens (including phenoxy) is 1. The van der Waals surface area contributed by atoms with Gasteiger partial charge in [0.1, 0.15) is 12.0 Å².